The normalized spacial score (nSPS) is 11.9. The summed E-state index contributed by atoms with van der Waals surface area (Å²) in [4.78, 5) is 16.3. The summed E-state index contributed by atoms with van der Waals surface area (Å²) >= 11 is 6.03. The van der Waals surface area contributed by atoms with Crippen molar-refractivity contribution in [2.24, 2.45) is 0 Å². The van der Waals surface area contributed by atoms with Gasteiger partial charge in [-0.1, -0.05) is 23.7 Å². The number of aromatic nitrogens is 2. The fourth-order valence-corrected chi connectivity index (χ4v) is 3.30. The second-order valence-corrected chi connectivity index (χ2v) is 6.94. The predicted molar refractivity (Wildman–Crippen MR) is 107 cm³/mol. The van der Waals surface area contributed by atoms with Crippen molar-refractivity contribution >= 4 is 17.5 Å². The number of amides is 1. The smallest absolute Gasteiger partial charge is 0.258 e. The van der Waals surface area contributed by atoms with Crippen molar-refractivity contribution in [2.75, 3.05) is 6.61 Å². The maximum atomic E-state index is 12.3. The molecule has 0 unspecified atom stereocenters. The molecule has 0 aliphatic rings. The molecule has 1 heterocycles. The highest BCUT2D eigenvalue weighted by molar-refractivity contribution is 6.30. The van der Waals surface area contributed by atoms with Crippen LogP contribution in [0.15, 0.2) is 55.1 Å². The summed E-state index contributed by atoms with van der Waals surface area (Å²) in [6.45, 7) is 5.73. The van der Waals surface area contributed by atoms with Crippen LogP contribution in [-0.2, 0) is 4.79 Å². The Morgan fingerprint density at radius 2 is 1.89 bits per heavy atom. The molecular weight excluding hydrogens is 362 g/mol. The zero-order valence-electron chi connectivity index (χ0n) is 15.6. The van der Waals surface area contributed by atoms with Gasteiger partial charge in [-0.05, 0) is 61.7 Å². The molecule has 3 rings (SSSR count). The molecule has 0 aliphatic heterocycles. The van der Waals surface area contributed by atoms with Crippen molar-refractivity contribution in [2.45, 2.75) is 26.8 Å². The monoisotopic (exact) mass is 383 g/mol. The van der Waals surface area contributed by atoms with E-state index >= 15 is 0 Å². The number of hydrogen-bond acceptors (Lipinski definition) is 3. The highest BCUT2D eigenvalue weighted by Crippen LogP contribution is 2.27. The van der Waals surface area contributed by atoms with E-state index in [2.05, 4.69) is 10.3 Å². The molecule has 5 nitrogen and oxygen atoms in total. The van der Waals surface area contributed by atoms with Crippen molar-refractivity contribution in [1.82, 2.24) is 14.9 Å². The molecule has 1 aromatic heterocycles. The summed E-state index contributed by atoms with van der Waals surface area (Å²) in [6.07, 6.45) is 5.37. The SMILES string of the molecule is Cc1cc(Cl)cc(C)c1OCC(=O)N[C@H](C)c1ccc(-n2ccnc2)cc1. The minimum atomic E-state index is -0.171. The first-order valence-electron chi connectivity index (χ1n) is 8.71. The van der Waals surface area contributed by atoms with E-state index in [1.165, 1.54) is 0 Å². The number of benzene rings is 2. The molecule has 1 atom stereocenters. The van der Waals surface area contributed by atoms with Crippen LogP contribution >= 0.6 is 11.6 Å². The van der Waals surface area contributed by atoms with E-state index in [0.29, 0.717) is 10.8 Å². The Kier molecular flexibility index (Phi) is 5.81. The van der Waals surface area contributed by atoms with E-state index < -0.39 is 0 Å². The third kappa shape index (κ3) is 4.68. The summed E-state index contributed by atoms with van der Waals surface area (Å²) in [5.41, 5.74) is 3.87. The number of nitrogens with one attached hydrogen (secondary N) is 1. The molecule has 6 heteroatoms. The molecule has 140 valence electrons. The van der Waals surface area contributed by atoms with Gasteiger partial charge in [0.05, 0.1) is 12.4 Å². The molecule has 1 amide bonds. The zero-order chi connectivity index (χ0) is 19.4. The Labute approximate surface area is 164 Å². The molecule has 0 radical (unpaired) electrons. The molecule has 27 heavy (non-hydrogen) atoms. The average molecular weight is 384 g/mol. The average Bonchev–Trinajstić information content (AvgIpc) is 3.15. The van der Waals surface area contributed by atoms with Crippen LogP contribution in [0, 0.1) is 13.8 Å². The molecule has 0 spiro atoms. The lowest BCUT2D eigenvalue weighted by Crippen LogP contribution is -2.31. The highest BCUT2D eigenvalue weighted by atomic mass is 35.5. The van der Waals surface area contributed by atoms with Gasteiger partial charge in [0.25, 0.3) is 5.91 Å². The largest absolute Gasteiger partial charge is 0.483 e. The molecule has 3 aromatic rings. The van der Waals surface area contributed by atoms with Crippen LogP contribution in [-0.4, -0.2) is 22.1 Å². The van der Waals surface area contributed by atoms with E-state index in [1.807, 2.05) is 67.9 Å². The number of hydrogen-bond donors (Lipinski definition) is 1. The van der Waals surface area contributed by atoms with Gasteiger partial charge in [0.15, 0.2) is 6.61 Å². The summed E-state index contributed by atoms with van der Waals surface area (Å²) < 4.78 is 7.64. The summed E-state index contributed by atoms with van der Waals surface area (Å²) in [5, 5.41) is 3.62. The van der Waals surface area contributed by atoms with E-state index in [0.717, 1.165) is 22.4 Å². The Morgan fingerprint density at radius 1 is 1.22 bits per heavy atom. The standard InChI is InChI=1S/C21H22ClN3O2/c1-14-10-18(22)11-15(2)21(14)27-12-20(26)24-16(3)17-4-6-19(7-5-17)25-9-8-23-13-25/h4-11,13,16H,12H2,1-3H3,(H,24,26)/t16-/m1/s1. The topological polar surface area (TPSA) is 56.1 Å². The second-order valence-electron chi connectivity index (χ2n) is 6.51. The van der Waals surface area contributed by atoms with Crippen LogP contribution < -0.4 is 10.1 Å². The van der Waals surface area contributed by atoms with Crippen molar-refractivity contribution in [3.63, 3.8) is 0 Å². The van der Waals surface area contributed by atoms with Crippen LogP contribution in [0.5, 0.6) is 5.75 Å². The molecular formula is C21H22ClN3O2. The predicted octanol–water partition coefficient (Wildman–Crippen LogP) is 4.40. The van der Waals surface area contributed by atoms with Gasteiger partial charge >= 0.3 is 0 Å². The fraction of sp³-hybridized carbons (Fsp3) is 0.238. The lowest BCUT2D eigenvalue weighted by molar-refractivity contribution is -0.123. The van der Waals surface area contributed by atoms with Crippen molar-refractivity contribution in [1.29, 1.82) is 0 Å². The van der Waals surface area contributed by atoms with E-state index in [-0.39, 0.29) is 18.6 Å². The molecule has 0 fully saturated rings. The van der Waals surface area contributed by atoms with Gasteiger partial charge in [0, 0.05) is 23.1 Å². The number of halogens is 1. The molecule has 1 N–H and O–H groups in total. The summed E-state index contributed by atoms with van der Waals surface area (Å²) in [6, 6.07) is 11.5. The van der Waals surface area contributed by atoms with Crippen LogP contribution in [0.4, 0.5) is 0 Å². The molecule has 0 bridgehead atoms. The van der Waals surface area contributed by atoms with Crippen LogP contribution in [0.3, 0.4) is 0 Å². The highest BCUT2D eigenvalue weighted by Gasteiger charge is 2.12. The number of rotatable bonds is 6. The third-order valence-corrected chi connectivity index (χ3v) is 4.56. The summed E-state index contributed by atoms with van der Waals surface area (Å²) in [7, 11) is 0. The Balaban J connectivity index is 1.58. The number of carbonyl (C=O) groups is 1. The van der Waals surface area contributed by atoms with Crippen LogP contribution in [0.25, 0.3) is 5.69 Å². The first-order valence-corrected chi connectivity index (χ1v) is 9.09. The van der Waals surface area contributed by atoms with Gasteiger partial charge < -0.3 is 14.6 Å². The van der Waals surface area contributed by atoms with Crippen molar-refractivity contribution in [3.8, 4) is 11.4 Å². The zero-order valence-corrected chi connectivity index (χ0v) is 16.3. The van der Waals surface area contributed by atoms with Gasteiger partial charge in [-0.3, -0.25) is 4.79 Å². The number of ether oxygens (including phenoxy) is 1. The lowest BCUT2D eigenvalue weighted by Gasteiger charge is -2.17. The third-order valence-electron chi connectivity index (χ3n) is 4.35. The molecule has 0 saturated carbocycles. The Hall–Kier alpha value is -2.79. The number of carbonyl (C=O) groups excluding carboxylic acids is 1. The van der Waals surface area contributed by atoms with Crippen molar-refractivity contribution < 1.29 is 9.53 Å². The van der Waals surface area contributed by atoms with Gasteiger partial charge in [0.1, 0.15) is 5.75 Å². The molecule has 0 aliphatic carbocycles. The maximum absolute atomic E-state index is 12.3. The fourth-order valence-electron chi connectivity index (χ4n) is 2.98. The van der Waals surface area contributed by atoms with E-state index in [4.69, 9.17) is 16.3 Å². The first-order chi connectivity index (χ1) is 12.9. The number of imidazole rings is 1. The maximum Gasteiger partial charge on any atom is 0.258 e. The van der Waals surface area contributed by atoms with E-state index in [9.17, 15) is 4.79 Å². The second kappa shape index (κ2) is 8.27. The quantitative estimate of drug-likeness (QED) is 0.686. The Morgan fingerprint density at radius 3 is 2.48 bits per heavy atom. The van der Waals surface area contributed by atoms with Gasteiger partial charge in [-0.2, -0.15) is 0 Å². The van der Waals surface area contributed by atoms with E-state index in [1.54, 1.807) is 12.5 Å². The minimum absolute atomic E-state index is 0.0409. The number of aryl methyl sites for hydroxylation is 2. The van der Waals surface area contributed by atoms with Crippen LogP contribution in [0.1, 0.15) is 29.7 Å². The summed E-state index contributed by atoms with van der Waals surface area (Å²) in [5.74, 6) is 0.529. The van der Waals surface area contributed by atoms with Gasteiger partial charge in [-0.25, -0.2) is 4.98 Å². The lowest BCUT2D eigenvalue weighted by atomic mass is 10.1. The van der Waals surface area contributed by atoms with Crippen LogP contribution in [0.2, 0.25) is 5.02 Å². The van der Waals surface area contributed by atoms with Gasteiger partial charge in [0.2, 0.25) is 0 Å². The number of nitrogens with zero attached hydrogens (tertiary/aromatic N) is 2. The van der Waals surface area contributed by atoms with Crippen molar-refractivity contribution in [3.05, 3.63) is 76.8 Å². The molecule has 0 saturated heterocycles. The first kappa shape index (κ1) is 19.0. The molecule has 2 aromatic carbocycles. The van der Waals surface area contributed by atoms with Gasteiger partial charge in [-0.15, -0.1) is 0 Å². The Bertz CT molecular complexity index is 898. The minimum Gasteiger partial charge on any atom is -0.483 e.